The van der Waals surface area contributed by atoms with E-state index in [4.69, 9.17) is 24.5 Å². The molecule has 0 unspecified atom stereocenters. The van der Waals surface area contributed by atoms with Crippen LogP contribution in [-0.4, -0.2) is 97.7 Å². The van der Waals surface area contributed by atoms with Crippen LogP contribution in [0.4, 0.5) is 5.82 Å². The number of nitrogens with one attached hydrogen (secondary N) is 1. The molecule has 0 bridgehead atoms. The van der Waals surface area contributed by atoms with Gasteiger partial charge in [0.2, 0.25) is 5.91 Å². The van der Waals surface area contributed by atoms with E-state index in [1.54, 1.807) is 0 Å². The first-order chi connectivity index (χ1) is 16.4. The Morgan fingerprint density at radius 3 is 2.44 bits per heavy atom. The number of amides is 1. The Balaban J connectivity index is 0.000000618. The molecule has 3 N–H and O–H groups in total. The summed E-state index contributed by atoms with van der Waals surface area (Å²) in [6.45, 7) is 3.44. The number of rotatable bonds is 6. The molecule has 2 aliphatic heterocycles. The lowest BCUT2D eigenvalue weighted by Crippen LogP contribution is -2.48. The van der Waals surface area contributed by atoms with E-state index >= 15 is 0 Å². The minimum absolute atomic E-state index is 0.0909. The van der Waals surface area contributed by atoms with Gasteiger partial charge in [0.1, 0.15) is 0 Å². The van der Waals surface area contributed by atoms with Gasteiger partial charge in [0, 0.05) is 37.7 Å². The molecular formula is C23H31N5O6. The number of aromatic nitrogens is 2. The van der Waals surface area contributed by atoms with Crippen molar-refractivity contribution in [2.24, 2.45) is 11.3 Å². The lowest BCUT2D eigenvalue weighted by Gasteiger charge is -2.26. The third-order valence-electron chi connectivity index (χ3n) is 5.71. The van der Waals surface area contributed by atoms with Crippen molar-refractivity contribution in [3.8, 4) is 11.3 Å². The van der Waals surface area contributed by atoms with E-state index in [1.165, 1.54) is 0 Å². The Morgan fingerprint density at radius 2 is 1.85 bits per heavy atom. The van der Waals surface area contributed by atoms with Crippen LogP contribution in [0.25, 0.3) is 11.3 Å². The van der Waals surface area contributed by atoms with Gasteiger partial charge in [-0.1, -0.05) is 30.3 Å². The normalized spacial score (nSPS) is 20.3. The zero-order valence-electron chi connectivity index (χ0n) is 19.3. The van der Waals surface area contributed by atoms with Crippen LogP contribution in [0, 0.1) is 11.3 Å². The maximum absolute atomic E-state index is 13.0. The van der Waals surface area contributed by atoms with Crippen LogP contribution in [-0.2, 0) is 19.1 Å². The fourth-order valence-corrected chi connectivity index (χ4v) is 4.06. The first kappa shape index (κ1) is 26.7. The van der Waals surface area contributed by atoms with E-state index < -0.39 is 5.41 Å². The molecule has 2 aromatic rings. The van der Waals surface area contributed by atoms with Gasteiger partial charge in [0.05, 0.1) is 24.3 Å². The summed E-state index contributed by atoms with van der Waals surface area (Å²) in [6.07, 6.45) is 0. The smallest absolute Gasteiger partial charge is 0.290 e. The van der Waals surface area contributed by atoms with Crippen LogP contribution in [0.3, 0.4) is 0 Å². The first-order valence-corrected chi connectivity index (χ1v) is 10.7. The Labute approximate surface area is 198 Å². The summed E-state index contributed by atoms with van der Waals surface area (Å²) in [5.41, 5.74) is 1.40. The van der Waals surface area contributed by atoms with Gasteiger partial charge in [0.25, 0.3) is 12.9 Å². The molecule has 184 valence electrons. The summed E-state index contributed by atoms with van der Waals surface area (Å²) in [4.78, 5) is 33.9. The van der Waals surface area contributed by atoms with Gasteiger partial charge >= 0.3 is 0 Å². The number of carboxylic acid groups (broad SMARTS) is 2. The number of benzene rings is 1. The van der Waals surface area contributed by atoms with Crippen LogP contribution >= 0.6 is 0 Å². The molecular weight excluding hydrogens is 442 g/mol. The molecule has 0 aliphatic carbocycles. The van der Waals surface area contributed by atoms with Crippen molar-refractivity contribution in [3.05, 3.63) is 42.5 Å². The van der Waals surface area contributed by atoms with E-state index in [1.807, 2.05) is 56.6 Å². The average molecular weight is 474 g/mol. The predicted octanol–water partition coefficient (Wildman–Crippen LogP) is 0.676. The molecule has 34 heavy (non-hydrogen) atoms. The lowest BCUT2D eigenvalue weighted by atomic mass is 9.80. The molecule has 11 heteroatoms. The maximum atomic E-state index is 13.0. The van der Waals surface area contributed by atoms with E-state index in [0.29, 0.717) is 26.3 Å². The second kappa shape index (κ2) is 13.2. The van der Waals surface area contributed by atoms with E-state index in [2.05, 4.69) is 25.3 Å². The summed E-state index contributed by atoms with van der Waals surface area (Å²) < 4.78 is 5.69. The van der Waals surface area contributed by atoms with Gasteiger partial charge < -0.3 is 30.1 Å². The Kier molecular flexibility index (Phi) is 10.4. The minimum atomic E-state index is -0.494. The van der Waals surface area contributed by atoms with E-state index in [9.17, 15) is 4.79 Å². The zero-order valence-corrected chi connectivity index (χ0v) is 19.3. The minimum Gasteiger partial charge on any atom is -0.483 e. The topological polar surface area (TPSA) is 145 Å². The summed E-state index contributed by atoms with van der Waals surface area (Å²) in [5.74, 6) is 1.09. The largest absolute Gasteiger partial charge is 0.483 e. The van der Waals surface area contributed by atoms with Crippen LogP contribution in [0.15, 0.2) is 42.5 Å². The number of ether oxygens (including phenoxy) is 1. The molecule has 4 rings (SSSR count). The average Bonchev–Trinajstić information content (AvgIpc) is 3.39. The fraction of sp³-hybridized carbons (Fsp3) is 0.435. The Morgan fingerprint density at radius 1 is 1.18 bits per heavy atom. The first-order valence-electron chi connectivity index (χ1n) is 10.7. The molecule has 2 aliphatic rings. The molecule has 1 aromatic carbocycles. The molecule has 1 aromatic heterocycles. The van der Waals surface area contributed by atoms with Crippen molar-refractivity contribution in [2.75, 3.05) is 58.4 Å². The molecule has 2 saturated heterocycles. The van der Waals surface area contributed by atoms with Crippen molar-refractivity contribution < 1.29 is 29.3 Å². The number of nitrogens with zero attached hydrogens (tertiary/aromatic N) is 4. The van der Waals surface area contributed by atoms with Gasteiger partial charge in [-0.2, -0.15) is 0 Å². The SMILES string of the molecule is CN(C)CCNC(=O)[C@@]12COC[C@@H]1CN(c1ccc(-c3ccccc3)nn1)C2.O=CO.O=CO. The molecule has 0 radical (unpaired) electrons. The summed E-state index contributed by atoms with van der Waals surface area (Å²) in [5, 5.41) is 25.7. The van der Waals surface area contributed by atoms with Gasteiger partial charge in [-0.15, -0.1) is 10.2 Å². The summed E-state index contributed by atoms with van der Waals surface area (Å²) in [7, 11) is 4.00. The number of hydrogen-bond donors (Lipinski definition) is 3. The van der Waals surface area contributed by atoms with Crippen LogP contribution in [0.1, 0.15) is 0 Å². The molecule has 2 atom stereocenters. The van der Waals surface area contributed by atoms with Gasteiger partial charge in [-0.25, -0.2) is 0 Å². The quantitative estimate of drug-likeness (QED) is 0.512. The molecule has 2 fully saturated rings. The highest BCUT2D eigenvalue weighted by molar-refractivity contribution is 5.85. The van der Waals surface area contributed by atoms with Gasteiger partial charge in [-0.3, -0.25) is 14.4 Å². The monoisotopic (exact) mass is 473 g/mol. The third-order valence-corrected chi connectivity index (χ3v) is 5.71. The second-order valence-corrected chi connectivity index (χ2v) is 8.16. The number of likely N-dealkylation sites (N-methyl/N-ethyl adjacent to an activating group) is 1. The molecule has 0 saturated carbocycles. The zero-order chi connectivity index (χ0) is 25.0. The maximum Gasteiger partial charge on any atom is 0.290 e. The number of fused-ring (bicyclic) bond motifs is 1. The van der Waals surface area contributed by atoms with E-state index in [-0.39, 0.29) is 24.8 Å². The molecule has 3 heterocycles. The van der Waals surface area contributed by atoms with Crippen molar-refractivity contribution in [1.82, 2.24) is 20.4 Å². The van der Waals surface area contributed by atoms with Crippen molar-refractivity contribution in [1.29, 1.82) is 0 Å². The number of hydrogen-bond acceptors (Lipinski definition) is 8. The summed E-state index contributed by atoms with van der Waals surface area (Å²) in [6, 6.07) is 14.0. The Hall–Kier alpha value is -3.57. The van der Waals surface area contributed by atoms with Gasteiger partial charge in [0.15, 0.2) is 5.82 Å². The molecule has 11 nitrogen and oxygen atoms in total. The fourth-order valence-electron chi connectivity index (χ4n) is 4.06. The molecule has 0 spiro atoms. The predicted molar refractivity (Wildman–Crippen MR) is 125 cm³/mol. The standard InChI is InChI=1S/C21H27N5O2.2CH2O2/c1-25(2)11-10-22-20(27)21-14-26(12-17(21)13-28-15-21)19-9-8-18(23-24-19)16-6-4-3-5-7-16;2*2-1-3/h3-9,17H,10-15H2,1-2H3,(H,22,27);2*1H,(H,2,3)/t17-,21-;;/m0../s1. The lowest BCUT2D eigenvalue weighted by molar-refractivity contribution is -0.131. The number of carbonyl (C=O) groups excluding carboxylic acids is 1. The number of anilines is 1. The molecule has 1 amide bonds. The van der Waals surface area contributed by atoms with Crippen LogP contribution in [0.5, 0.6) is 0 Å². The summed E-state index contributed by atoms with van der Waals surface area (Å²) >= 11 is 0. The van der Waals surface area contributed by atoms with Crippen molar-refractivity contribution >= 4 is 24.7 Å². The number of carbonyl (C=O) groups is 3. The third kappa shape index (κ3) is 6.72. The van der Waals surface area contributed by atoms with Crippen LogP contribution < -0.4 is 10.2 Å². The van der Waals surface area contributed by atoms with Gasteiger partial charge in [-0.05, 0) is 26.2 Å². The highest BCUT2D eigenvalue weighted by Crippen LogP contribution is 2.42. The van der Waals surface area contributed by atoms with E-state index in [0.717, 1.165) is 30.2 Å². The highest BCUT2D eigenvalue weighted by atomic mass is 16.5. The van der Waals surface area contributed by atoms with Crippen molar-refractivity contribution in [3.63, 3.8) is 0 Å². The van der Waals surface area contributed by atoms with Crippen LogP contribution in [0.2, 0.25) is 0 Å². The Bertz CT molecular complexity index is 906. The highest BCUT2D eigenvalue weighted by Gasteiger charge is 2.56. The van der Waals surface area contributed by atoms with Crippen molar-refractivity contribution in [2.45, 2.75) is 0 Å². The second-order valence-electron chi connectivity index (χ2n) is 8.16.